The van der Waals surface area contributed by atoms with Gasteiger partial charge in [-0.3, -0.25) is 4.98 Å². The Balaban J connectivity index is 2.44. The van der Waals surface area contributed by atoms with E-state index in [1.54, 1.807) is 12.3 Å². The standard InChI is InChI=1S/C14H15N3O/c1-14(2,3)13-16-9-7-10(18)8-5-4-6-15-11(8)12(9)17-13/h4-7,18H,1-3H3,(H,16,17). The van der Waals surface area contributed by atoms with E-state index in [2.05, 4.69) is 35.7 Å². The first-order chi connectivity index (χ1) is 8.47. The van der Waals surface area contributed by atoms with Gasteiger partial charge >= 0.3 is 0 Å². The summed E-state index contributed by atoms with van der Waals surface area (Å²) in [4.78, 5) is 12.2. The summed E-state index contributed by atoms with van der Waals surface area (Å²) in [5, 5.41) is 10.7. The highest BCUT2D eigenvalue weighted by atomic mass is 16.3. The quantitative estimate of drug-likeness (QED) is 0.635. The van der Waals surface area contributed by atoms with Crippen molar-refractivity contribution < 1.29 is 5.11 Å². The zero-order valence-corrected chi connectivity index (χ0v) is 10.7. The molecule has 0 unspecified atom stereocenters. The maximum absolute atomic E-state index is 9.99. The summed E-state index contributed by atoms with van der Waals surface area (Å²) in [5.74, 6) is 1.13. The second kappa shape index (κ2) is 3.45. The molecule has 2 aromatic heterocycles. The van der Waals surface area contributed by atoms with Crippen LogP contribution in [0.5, 0.6) is 5.75 Å². The summed E-state index contributed by atoms with van der Waals surface area (Å²) < 4.78 is 0. The minimum atomic E-state index is -0.0598. The summed E-state index contributed by atoms with van der Waals surface area (Å²) >= 11 is 0. The number of aromatic amines is 1. The molecule has 4 heteroatoms. The van der Waals surface area contributed by atoms with Crippen molar-refractivity contribution in [3.8, 4) is 5.75 Å². The molecule has 0 aliphatic carbocycles. The van der Waals surface area contributed by atoms with Gasteiger partial charge in [-0.25, -0.2) is 4.98 Å². The molecule has 2 heterocycles. The molecule has 0 fully saturated rings. The fourth-order valence-electron chi connectivity index (χ4n) is 2.04. The third kappa shape index (κ3) is 1.53. The molecule has 0 saturated heterocycles. The molecule has 0 aliphatic heterocycles. The molecule has 2 N–H and O–H groups in total. The van der Waals surface area contributed by atoms with E-state index < -0.39 is 0 Å². The average Bonchev–Trinajstić information content (AvgIpc) is 2.73. The Hall–Kier alpha value is -2.10. The summed E-state index contributed by atoms with van der Waals surface area (Å²) in [6.45, 7) is 6.29. The van der Waals surface area contributed by atoms with Crippen LogP contribution in [0.1, 0.15) is 26.6 Å². The second-order valence-electron chi connectivity index (χ2n) is 5.53. The summed E-state index contributed by atoms with van der Waals surface area (Å²) in [5.41, 5.74) is 2.31. The average molecular weight is 241 g/mol. The topological polar surface area (TPSA) is 61.8 Å². The van der Waals surface area contributed by atoms with Crippen molar-refractivity contribution in [2.75, 3.05) is 0 Å². The third-order valence-corrected chi connectivity index (χ3v) is 3.03. The van der Waals surface area contributed by atoms with Crippen molar-refractivity contribution in [3.05, 3.63) is 30.2 Å². The Morgan fingerprint density at radius 2 is 2.00 bits per heavy atom. The van der Waals surface area contributed by atoms with Crippen LogP contribution in [0.4, 0.5) is 0 Å². The van der Waals surface area contributed by atoms with E-state index in [0.29, 0.717) is 0 Å². The molecule has 0 bridgehead atoms. The van der Waals surface area contributed by atoms with Crippen LogP contribution in [-0.4, -0.2) is 20.1 Å². The van der Waals surface area contributed by atoms with E-state index in [4.69, 9.17) is 0 Å². The van der Waals surface area contributed by atoms with Crippen molar-refractivity contribution in [1.29, 1.82) is 0 Å². The van der Waals surface area contributed by atoms with Crippen LogP contribution in [0.25, 0.3) is 21.9 Å². The Morgan fingerprint density at radius 1 is 1.22 bits per heavy atom. The van der Waals surface area contributed by atoms with Crippen LogP contribution in [0, 0.1) is 0 Å². The molecule has 0 radical (unpaired) electrons. The van der Waals surface area contributed by atoms with Gasteiger partial charge in [0, 0.05) is 23.1 Å². The molecule has 0 spiro atoms. The van der Waals surface area contributed by atoms with Crippen molar-refractivity contribution >= 4 is 21.9 Å². The van der Waals surface area contributed by atoms with Crippen LogP contribution in [0.15, 0.2) is 24.4 Å². The molecular formula is C14H15N3O. The molecule has 3 aromatic rings. The number of nitrogens with zero attached hydrogens (tertiary/aromatic N) is 2. The van der Waals surface area contributed by atoms with Gasteiger partial charge in [0.15, 0.2) is 0 Å². The van der Waals surface area contributed by atoms with E-state index >= 15 is 0 Å². The lowest BCUT2D eigenvalue weighted by atomic mass is 9.96. The molecule has 18 heavy (non-hydrogen) atoms. The Morgan fingerprint density at radius 3 is 2.72 bits per heavy atom. The van der Waals surface area contributed by atoms with Gasteiger partial charge in [0.25, 0.3) is 0 Å². The fourth-order valence-corrected chi connectivity index (χ4v) is 2.04. The Bertz CT molecular complexity index is 738. The molecule has 0 saturated carbocycles. The lowest BCUT2D eigenvalue weighted by molar-refractivity contribution is 0.482. The van der Waals surface area contributed by atoms with Crippen LogP contribution in [0.2, 0.25) is 0 Å². The van der Waals surface area contributed by atoms with Gasteiger partial charge in [0.1, 0.15) is 22.6 Å². The molecule has 0 aliphatic rings. The first kappa shape index (κ1) is 11.0. The van der Waals surface area contributed by atoms with Gasteiger partial charge in [-0.05, 0) is 12.1 Å². The monoisotopic (exact) mass is 241 g/mol. The van der Waals surface area contributed by atoms with E-state index in [9.17, 15) is 5.11 Å². The van der Waals surface area contributed by atoms with Crippen LogP contribution < -0.4 is 0 Å². The fraction of sp³-hybridized carbons (Fsp3) is 0.286. The number of H-pyrrole nitrogens is 1. The van der Waals surface area contributed by atoms with Gasteiger partial charge in [0.2, 0.25) is 0 Å². The highest BCUT2D eigenvalue weighted by molar-refractivity contribution is 6.04. The Labute approximate surface area is 105 Å². The summed E-state index contributed by atoms with van der Waals surface area (Å²) in [7, 11) is 0. The van der Waals surface area contributed by atoms with Gasteiger partial charge < -0.3 is 10.1 Å². The van der Waals surface area contributed by atoms with Gasteiger partial charge in [-0.15, -0.1) is 0 Å². The van der Waals surface area contributed by atoms with Crippen molar-refractivity contribution in [2.24, 2.45) is 0 Å². The Kier molecular flexibility index (Phi) is 2.11. The SMILES string of the molecule is CC(C)(C)c1nc2c(cc(O)c3cccnc32)[nH]1. The van der Waals surface area contributed by atoms with Crippen LogP contribution in [-0.2, 0) is 5.41 Å². The number of fused-ring (bicyclic) bond motifs is 3. The zero-order chi connectivity index (χ0) is 12.9. The number of aromatic hydroxyl groups is 1. The first-order valence-corrected chi connectivity index (χ1v) is 5.94. The van der Waals surface area contributed by atoms with E-state index in [0.717, 1.165) is 27.8 Å². The predicted molar refractivity (Wildman–Crippen MR) is 71.8 cm³/mol. The molecule has 1 aromatic carbocycles. The van der Waals surface area contributed by atoms with Gasteiger partial charge in [-0.2, -0.15) is 0 Å². The number of nitrogens with one attached hydrogen (secondary N) is 1. The number of hydrogen-bond acceptors (Lipinski definition) is 3. The molecule has 92 valence electrons. The van der Waals surface area contributed by atoms with E-state index in [-0.39, 0.29) is 11.2 Å². The summed E-state index contributed by atoms with van der Waals surface area (Å²) in [6, 6.07) is 5.37. The zero-order valence-electron chi connectivity index (χ0n) is 10.7. The number of phenolic OH excluding ortho intramolecular Hbond substituents is 1. The van der Waals surface area contributed by atoms with E-state index in [1.807, 2.05) is 12.1 Å². The highest BCUT2D eigenvalue weighted by Crippen LogP contribution is 2.31. The maximum Gasteiger partial charge on any atom is 0.127 e. The molecular weight excluding hydrogens is 226 g/mol. The smallest absolute Gasteiger partial charge is 0.127 e. The third-order valence-electron chi connectivity index (χ3n) is 3.03. The lowest BCUT2D eigenvalue weighted by Crippen LogP contribution is -2.12. The number of imidazole rings is 1. The minimum absolute atomic E-state index is 0.0598. The number of hydrogen-bond donors (Lipinski definition) is 2. The number of benzene rings is 1. The lowest BCUT2D eigenvalue weighted by Gasteiger charge is -2.13. The predicted octanol–water partition coefficient (Wildman–Crippen LogP) is 3.11. The molecule has 0 amide bonds. The van der Waals surface area contributed by atoms with Crippen molar-refractivity contribution in [1.82, 2.24) is 15.0 Å². The molecule has 4 nitrogen and oxygen atoms in total. The normalized spacial score (nSPS) is 12.4. The highest BCUT2D eigenvalue weighted by Gasteiger charge is 2.20. The second-order valence-corrected chi connectivity index (χ2v) is 5.53. The number of pyridine rings is 1. The van der Waals surface area contributed by atoms with Crippen LogP contribution >= 0.6 is 0 Å². The number of aromatic nitrogens is 3. The first-order valence-electron chi connectivity index (χ1n) is 5.94. The van der Waals surface area contributed by atoms with E-state index in [1.165, 1.54) is 0 Å². The van der Waals surface area contributed by atoms with Crippen LogP contribution in [0.3, 0.4) is 0 Å². The largest absolute Gasteiger partial charge is 0.507 e. The number of rotatable bonds is 0. The van der Waals surface area contributed by atoms with Crippen molar-refractivity contribution in [2.45, 2.75) is 26.2 Å². The minimum Gasteiger partial charge on any atom is -0.507 e. The van der Waals surface area contributed by atoms with Gasteiger partial charge in [-0.1, -0.05) is 20.8 Å². The maximum atomic E-state index is 9.99. The van der Waals surface area contributed by atoms with Gasteiger partial charge in [0.05, 0.1) is 5.52 Å². The molecule has 0 atom stereocenters. The molecule has 3 rings (SSSR count). The number of phenols is 1. The van der Waals surface area contributed by atoms with Crippen molar-refractivity contribution in [3.63, 3.8) is 0 Å². The summed E-state index contributed by atoms with van der Waals surface area (Å²) in [6.07, 6.45) is 1.71.